The average molecular weight is 386 g/mol. The number of hydrogen-bond acceptors (Lipinski definition) is 5. The van der Waals surface area contributed by atoms with Crippen molar-refractivity contribution in [1.82, 2.24) is 14.9 Å². The molecule has 1 aromatic heterocycles. The number of rotatable bonds is 4. The van der Waals surface area contributed by atoms with Gasteiger partial charge in [-0.1, -0.05) is 48.2 Å². The van der Waals surface area contributed by atoms with Crippen LogP contribution in [0.3, 0.4) is 0 Å². The van der Waals surface area contributed by atoms with E-state index in [0.717, 1.165) is 39.3 Å². The van der Waals surface area contributed by atoms with Gasteiger partial charge in [0, 0.05) is 11.3 Å². The summed E-state index contributed by atoms with van der Waals surface area (Å²) < 4.78 is 7.37. The zero-order valence-electron chi connectivity index (χ0n) is 15.4. The van der Waals surface area contributed by atoms with Crippen LogP contribution in [0.1, 0.15) is 12.5 Å². The zero-order chi connectivity index (χ0) is 18.9. The van der Waals surface area contributed by atoms with Crippen LogP contribution < -0.4 is 4.74 Å². The molecule has 0 amide bonds. The molecule has 138 valence electrons. The SMILES string of the molecule is CCOc1ccc(-c2nnc3n2N=C(c2ccc4ccccc4c2)CS3)cc1. The van der Waals surface area contributed by atoms with E-state index in [-0.39, 0.29) is 0 Å². The number of ether oxygens (including phenoxy) is 1. The molecular weight excluding hydrogens is 368 g/mol. The molecule has 0 fully saturated rings. The van der Waals surface area contributed by atoms with Gasteiger partial charge in [-0.3, -0.25) is 0 Å². The van der Waals surface area contributed by atoms with Crippen molar-refractivity contribution in [3.8, 4) is 17.1 Å². The van der Waals surface area contributed by atoms with Crippen molar-refractivity contribution in [3.05, 3.63) is 72.3 Å². The number of nitrogens with zero attached hydrogens (tertiary/aromatic N) is 4. The predicted molar refractivity (Wildman–Crippen MR) is 113 cm³/mol. The first-order valence-electron chi connectivity index (χ1n) is 9.20. The Morgan fingerprint density at radius 1 is 0.929 bits per heavy atom. The van der Waals surface area contributed by atoms with Gasteiger partial charge in [0.25, 0.3) is 0 Å². The van der Waals surface area contributed by atoms with Gasteiger partial charge in [-0.15, -0.1) is 10.2 Å². The van der Waals surface area contributed by atoms with Gasteiger partial charge in [-0.2, -0.15) is 9.78 Å². The third-order valence-corrected chi connectivity index (χ3v) is 5.61. The summed E-state index contributed by atoms with van der Waals surface area (Å²) in [6, 6.07) is 22.7. The Morgan fingerprint density at radius 3 is 2.54 bits per heavy atom. The molecular formula is C22H18N4OS. The molecule has 0 bridgehead atoms. The van der Waals surface area contributed by atoms with Crippen LogP contribution in [0.15, 0.2) is 77.0 Å². The summed E-state index contributed by atoms with van der Waals surface area (Å²) in [5.41, 5.74) is 3.12. The summed E-state index contributed by atoms with van der Waals surface area (Å²) in [7, 11) is 0. The molecule has 4 aromatic rings. The molecule has 1 aliphatic rings. The summed E-state index contributed by atoms with van der Waals surface area (Å²) in [6.45, 7) is 2.62. The maximum Gasteiger partial charge on any atom is 0.212 e. The standard InChI is InChI=1S/C22H18N4OS/c1-2-27-19-11-9-16(10-12-19)21-23-24-22-26(21)25-20(14-28-22)18-8-7-15-5-3-4-6-17(15)13-18/h3-13H,2,14H2,1H3. The van der Waals surface area contributed by atoms with Gasteiger partial charge in [0.2, 0.25) is 5.16 Å². The van der Waals surface area contributed by atoms with E-state index < -0.39 is 0 Å². The normalized spacial score (nSPS) is 13.2. The highest BCUT2D eigenvalue weighted by atomic mass is 32.2. The predicted octanol–water partition coefficient (Wildman–Crippen LogP) is 4.86. The molecule has 0 saturated carbocycles. The second-order valence-electron chi connectivity index (χ2n) is 6.47. The first-order valence-corrected chi connectivity index (χ1v) is 10.2. The molecule has 0 spiro atoms. The van der Waals surface area contributed by atoms with Crippen LogP contribution in [0.5, 0.6) is 5.75 Å². The lowest BCUT2D eigenvalue weighted by Crippen LogP contribution is -2.13. The maximum absolute atomic E-state index is 5.53. The minimum atomic E-state index is 0.649. The molecule has 0 aliphatic carbocycles. The monoisotopic (exact) mass is 386 g/mol. The van der Waals surface area contributed by atoms with E-state index in [2.05, 4.69) is 52.7 Å². The van der Waals surface area contributed by atoms with Crippen LogP contribution in [0.2, 0.25) is 0 Å². The number of fused-ring (bicyclic) bond motifs is 2. The van der Waals surface area contributed by atoms with Crippen molar-refractivity contribution in [2.75, 3.05) is 12.4 Å². The Bertz CT molecular complexity index is 1180. The highest BCUT2D eigenvalue weighted by Gasteiger charge is 2.21. The lowest BCUT2D eigenvalue weighted by molar-refractivity contribution is 0.340. The van der Waals surface area contributed by atoms with Gasteiger partial charge in [0.15, 0.2) is 5.82 Å². The minimum Gasteiger partial charge on any atom is -0.494 e. The van der Waals surface area contributed by atoms with E-state index in [4.69, 9.17) is 9.84 Å². The fourth-order valence-corrected chi connectivity index (χ4v) is 4.12. The Labute approximate surface area is 167 Å². The first-order chi connectivity index (χ1) is 13.8. The molecule has 5 rings (SSSR count). The van der Waals surface area contributed by atoms with Crippen molar-refractivity contribution >= 4 is 28.2 Å². The molecule has 6 heteroatoms. The number of benzene rings is 3. The van der Waals surface area contributed by atoms with Crippen LogP contribution in [-0.2, 0) is 0 Å². The van der Waals surface area contributed by atoms with E-state index in [1.165, 1.54) is 10.8 Å². The fourth-order valence-electron chi connectivity index (χ4n) is 3.28. The van der Waals surface area contributed by atoms with Crippen molar-refractivity contribution in [1.29, 1.82) is 0 Å². The summed E-state index contributed by atoms with van der Waals surface area (Å²) in [5, 5.41) is 16.8. The van der Waals surface area contributed by atoms with E-state index in [1.54, 1.807) is 11.8 Å². The van der Waals surface area contributed by atoms with Gasteiger partial charge in [-0.05, 0) is 53.6 Å². The number of hydrogen-bond donors (Lipinski definition) is 0. The second kappa shape index (κ2) is 7.13. The molecule has 3 aromatic carbocycles. The molecule has 0 unspecified atom stereocenters. The quantitative estimate of drug-likeness (QED) is 0.503. The average Bonchev–Trinajstić information content (AvgIpc) is 3.17. The molecule has 0 N–H and O–H groups in total. The van der Waals surface area contributed by atoms with E-state index >= 15 is 0 Å². The van der Waals surface area contributed by atoms with Gasteiger partial charge in [-0.25, -0.2) is 0 Å². The summed E-state index contributed by atoms with van der Waals surface area (Å²) >= 11 is 1.66. The van der Waals surface area contributed by atoms with Crippen LogP contribution in [0.4, 0.5) is 0 Å². The maximum atomic E-state index is 5.53. The Hall–Kier alpha value is -3.12. The molecule has 0 saturated heterocycles. The molecule has 2 heterocycles. The van der Waals surface area contributed by atoms with Crippen LogP contribution in [0.25, 0.3) is 22.2 Å². The van der Waals surface area contributed by atoms with E-state index in [1.807, 2.05) is 35.9 Å². The second-order valence-corrected chi connectivity index (χ2v) is 7.42. The third kappa shape index (κ3) is 3.05. The van der Waals surface area contributed by atoms with Gasteiger partial charge in [0.1, 0.15) is 5.75 Å². The molecule has 28 heavy (non-hydrogen) atoms. The van der Waals surface area contributed by atoms with Crippen LogP contribution >= 0.6 is 11.8 Å². The van der Waals surface area contributed by atoms with Crippen molar-refractivity contribution in [2.24, 2.45) is 5.10 Å². The molecule has 5 nitrogen and oxygen atoms in total. The number of aromatic nitrogens is 3. The molecule has 1 aliphatic heterocycles. The lowest BCUT2D eigenvalue weighted by Gasteiger charge is -2.14. The van der Waals surface area contributed by atoms with Crippen molar-refractivity contribution in [2.45, 2.75) is 12.1 Å². The molecule has 0 radical (unpaired) electrons. The van der Waals surface area contributed by atoms with Crippen molar-refractivity contribution < 1.29 is 4.74 Å². The van der Waals surface area contributed by atoms with Gasteiger partial charge >= 0.3 is 0 Å². The summed E-state index contributed by atoms with van der Waals surface area (Å²) in [4.78, 5) is 0. The fraction of sp³-hybridized carbons (Fsp3) is 0.136. The minimum absolute atomic E-state index is 0.649. The van der Waals surface area contributed by atoms with Gasteiger partial charge in [0.05, 0.1) is 12.3 Å². The summed E-state index contributed by atoms with van der Waals surface area (Å²) in [5.74, 6) is 2.36. The van der Waals surface area contributed by atoms with Gasteiger partial charge < -0.3 is 4.74 Å². The summed E-state index contributed by atoms with van der Waals surface area (Å²) in [6.07, 6.45) is 0. The topological polar surface area (TPSA) is 52.3 Å². The highest BCUT2D eigenvalue weighted by Crippen LogP contribution is 2.30. The van der Waals surface area contributed by atoms with E-state index in [9.17, 15) is 0 Å². The Balaban J connectivity index is 1.53. The number of thioether (sulfide) groups is 1. The third-order valence-electron chi connectivity index (χ3n) is 4.68. The highest BCUT2D eigenvalue weighted by molar-refractivity contribution is 7.99. The largest absolute Gasteiger partial charge is 0.494 e. The van der Waals surface area contributed by atoms with Crippen LogP contribution in [0, 0.1) is 0 Å². The Kier molecular flexibility index (Phi) is 4.33. The van der Waals surface area contributed by atoms with E-state index in [0.29, 0.717) is 6.61 Å². The smallest absolute Gasteiger partial charge is 0.212 e. The molecule has 0 atom stereocenters. The Morgan fingerprint density at radius 2 is 1.71 bits per heavy atom. The zero-order valence-corrected chi connectivity index (χ0v) is 16.2. The van der Waals surface area contributed by atoms with Crippen molar-refractivity contribution in [3.63, 3.8) is 0 Å². The lowest BCUT2D eigenvalue weighted by atomic mass is 10.0. The van der Waals surface area contributed by atoms with Crippen LogP contribution in [-0.4, -0.2) is 32.9 Å². The first kappa shape index (κ1) is 17.0.